The molecular weight excluding hydrogens is 290 g/mol. The normalized spacial score (nSPS) is 13.1. The number of aliphatic hydroxyl groups is 1. The lowest BCUT2D eigenvalue weighted by molar-refractivity contribution is -0.132. The van der Waals surface area contributed by atoms with Gasteiger partial charge in [0.1, 0.15) is 6.61 Å². The molecule has 0 aliphatic carbocycles. The van der Waals surface area contributed by atoms with Gasteiger partial charge in [0, 0.05) is 32.9 Å². The van der Waals surface area contributed by atoms with E-state index in [4.69, 9.17) is 10.8 Å². The fourth-order valence-electron chi connectivity index (χ4n) is 1.67. The van der Waals surface area contributed by atoms with E-state index in [1.54, 1.807) is 21.0 Å². The number of amides is 3. The maximum absolute atomic E-state index is 11.8. The Morgan fingerprint density at radius 3 is 2.18 bits per heavy atom. The SMILES string of the molecule is CC(CCC(=O)NC(CCC(=O)N(C)C)C(=O)CO)C(N)=O. The van der Waals surface area contributed by atoms with E-state index in [9.17, 15) is 19.2 Å². The van der Waals surface area contributed by atoms with Crippen molar-refractivity contribution in [2.24, 2.45) is 11.7 Å². The number of nitrogens with one attached hydrogen (secondary N) is 1. The predicted octanol–water partition coefficient (Wildman–Crippen LogP) is -1.20. The van der Waals surface area contributed by atoms with Gasteiger partial charge in [0.05, 0.1) is 6.04 Å². The molecule has 0 saturated carbocycles. The molecule has 4 N–H and O–H groups in total. The van der Waals surface area contributed by atoms with Crippen molar-refractivity contribution in [2.45, 2.75) is 38.6 Å². The van der Waals surface area contributed by atoms with Crippen LogP contribution in [-0.4, -0.2) is 60.3 Å². The van der Waals surface area contributed by atoms with Crippen molar-refractivity contribution in [1.82, 2.24) is 10.2 Å². The third-order valence-corrected chi connectivity index (χ3v) is 3.32. The molecule has 2 atom stereocenters. The molecule has 22 heavy (non-hydrogen) atoms. The first kappa shape index (κ1) is 20.0. The van der Waals surface area contributed by atoms with E-state index in [-0.39, 0.29) is 31.6 Å². The van der Waals surface area contributed by atoms with Crippen LogP contribution in [0.5, 0.6) is 0 Å². The maximum atomic E-state index is 11.8. The van der Waals surface area contributed by atoms with Crippen LogP contribution in [0.4, 0.5) is 0 Å². The Bertz CT molecular complexity index is 423. The quantitative estimate of drug-likeness (QED) is 0.466. The number of ketones is 1. The van der Waals surface area contributed by atoms with Gasteiger partial charge >= 0.3 is 0 Å². The van der Waals surface area contributed by atoms with Gasteiger partial charge in [-0.25, -0.2) is 0 Å². The third kappa shape index (κ3) is 7.72. The Balaban J connectivity index is 4.46. The second-order valence-electron chi connectivity index (χ2n) is 5.41. The Hall–Kier alpha value is -1.96. The van der Waals surface area contributed by atoms with Crippen LogP contribution in [0.2, 0.25) is 0 Å². The molecule has 0 heterocycles. The van der Waals surface area contributed by atoms with Crippen LogP contribution in [0, 0.1) is 5.92 Å². The summed E-state index contributed by atoms with van der Waals surface area (Å²) >= 11 is 0. The Morgan fingerprint density at radius 1 is 1.14 bits per heavy atom. The molecule has 3 amide bonds. The molecule has 0 saturated heterocycles. The highest BCUT2D eigenvalue weighted by Crippen LogP contribution is 2.06. The van der Waals surface area contributed by atoms with Gasteiger partial charge in [0.2, 0.25) is 17.7 Å². The molecule has 0 aromatic heterocycles. The minimum atomic E-state index is -0.912. The number of rotatable bonds is 10. The molecule has 8 heteroatoms. The largest absolute Gasteiger partial charge is 0.389 e. The zero-order valence-electron chi connectivity index (χ0n) is 13.3. The van der Waals surface area contributed by atoms with Crippen LogP contribution in [0.3, 0.4) is 0 Å². The molecule has 0 bridgehead atoms. The van der Waals surface area contributed by atoms with E-state index in [0.717, 1.165) is 0 Å². The van der Waals surface area contributed by atoms with Crippen molar-refractivity contribution >= 4 is 23.5 Å². The number of hydrogen-bond donors (Lipinski definition) is 3. The molecule has 2 unspecified atom stereocenters. The predicted molar refractivity (Wildman–Crippen MR) is 79.5 cm³/mol. The van der Waals surface area contributed by atoms with E-state index in [1.165, 1.54) is 4.90 Å². The molecule has 0 aromatic rings. The van der Waals surface area contributed by atoms with Crippen molar-refractivity contribution in [1.29, 1.82) is 0 Å². The summed E-state index contributed by atoms with van der Waals surface area (Å²) in [6, 6.07) is -0.912. The summed E-state index contributed by atoms with van der Waals surface area (Å²) in [5.41, 5.74) is 5.10. The van der Waals surface area contributed by atoms with Gasteiger partial charge in [-0.15, -0.1) is 0 Å². The molecule has 0 rings (SSSR count). The van der Waals surface area contributed by atoms with Gasteiger partial charge in [-0.1, -0.05) is 6.92 Å². The molecule has 0 aliphatic heterocycles. The summed E-state index contributed by atoms with van der Waals surface area (Å²) in [5.74, 6) is -2.08. The van der Waals surface area contributed by atoms with E-state index in [0.29, 0.717) is 0 Å². The van der Waals surface area contributed by atoms with Crippen LogP contribution in [0.1, 0.15) is 32.6 Å². The maximum Gasteiger partial charge on any atom is 0.222 e. The van der Waals surface area contributed by atoms with Crippen molar-refractivity contribution < 1.29 is 24.3 Å². The fourth-order valence-corrected chi connectivity index (χ4v) is 1.67. The first-order chi connectivity index (χ1) is 10.2. The summed E-state index contributed by atoms with van der Waals surface area (Å²) in [6.45, 7) is 0.903. The topological polar surface area (TPSA) is 130 Å². The van der Waals surface area contributed by atoms with Crippen LogP contribution in [0.25, 0.3) is 0 Å². The lowest BCUT2D eigenvalue weighted by atomic mass is 10.0. The van der Waals surface area contributed by atoms with E-state index >= 15 is 0 Å². The number of primary amides is 1. The van der Waals surface area contributed by atoms with Crippen LogP contribution in [0.15, 0.2) is 0 Å². The van der Waals surface area contributed by atoms with Gasteiger partial charge in [0.15, 0.2) is 5.78 Å². The van der Waals surface area contributed by atoms with Crippen LogP contribution >= 0.6 is 0 Å². The minimum Gasteiger partial charge on any atom is -0.389 e. The molecule has 8 nitrogen and oxygen atoms in total. The van der Waals surface area contributed by atoms with Crippen molar-refractivity contribution in [3.8, 4) is 0 Å². The van der Waals surface area contributed by atoms with E-state index in [1.807, 2.05) is 0 Å². The number of nitrogens with two attached hydrogens (primary N) is 1. The first-order valence-corrected chi connectivity index (χ1v) is 7.11. The number of hydrogen-bond acceptors (Lipinski definition) is 5. The average Bonchev–Trinajstić information content (AvgIpc) is 2.47. The summed E-state index contributed by atoms with van der Waals surface area (Å²) < 4.78 is 0. The van der Waals surface area contributed by atoms with Gasteiger partial charge in [-0.05, 0) is 12.8 Å². The zero-order chi connectivity index (χ0) is 17.3. The van der Waals surface area contributed by atoms with Crippen LogP contribution in [-0.2, 0) is 19.2 Å². The molecule has 0 fully saturated rings. The summed E-state index contributed by atoms with van der Waals surface area (Å²) in [6.07, 6.45) is 0.521. The van der Waals surface area contributed by atoms with Gasteiger partial charge in [0.25, 0.3) is 0 Å². The highest BCUT2D eigenvalue weighted by molar-refractivity contribution is 5.90. The Labute approximate surface area is 130 Å². The molecule has 0 aliphatic rings. The Morgan fingerprint density at radius 2 is 1.73 bits per heavy atom. The van der Waals surface area contributed by atoms with Crippen LogP contribution < -0.4 is 11.1 Å². The number of Topliss-reactive ketones (excluding diaryl/α,β-unsaturated/α-hetero) is 1. The molecular formula is C14H25N3O5. The molecule has 0 spiro atoms. The number of nitrogens with zero attached hydrogens (tertiary/aromatic N) is 1. The molecule has 126 valence electrons. The monoisotopic (exact) mass is 315 g/mol. The smallest absolute Gasteiger partial charge is 0.222 e. The number of aliphatic hydroxyl groups excluding tert-OH is 1. The van der Waals surface area contributed by atoms with Crippen molar-refractivity contribution in [3.63, 3.8) is 0 Å². The lowest BCUT2D eigenvalue weighted by Gasteiger charge is -2.18. The summed E-state index contributed by atoms with van der Waals surface area (Å²) in [4.78, 5) is 47.2. The third-order valence-electron chi connectivity index (χ3n) is 3.32. The molecule has 0 aromatic carbocycles. The fraction of sp³-hybridized carbons (Fsp3) is 0.714. The van der Waals surface area contributed by atoms with Crippen molar-refractivity contribution in [2.75, 3.05) is 20.7 Å². The van der Waals surface area contributed by atoms with E-state index < -0.39 is 36.2 Å². The zero-order valence-corrected chi connectivity index (χ0v) is 13.3. The van der Waals surface area contributed by atoms with E-state index in [2.05, 4.69) is 5.32 Å². The molecule has 0 radical (unpaired) electrons. The Kier molecular flexibility index (Phi) is 9.00. The standard InChI is InChI=1S/C14H25N3O5/c1-9(14(15)22)4-6-12(20)16-10(11(19)8-18)5-7-13(21)17(2)3/h9-10,18H,4-8H2,1-3H3,(H2,15,22)(H,16,20). The minimum absolute atomic E-state index is 0.0426. The summed E-state index contributed by atoms with van der Waals surface area (Å²) in [7, 11) is 3.18. The highest BCUT2D eigenvalue weighted by Gasteiger charge is 2.22. The highest BCUT2D eigenvalue weighted by atomic mass is 16.3. The number of carbonyl (C=O) groups excluding carboxylic acids is 4. The van der Waals surface area contributed by atoms with Gasteiger partial charge in [-0.3, -0.25) is 19.2 Å². The lowest BCUT2D eigenvalue weighted by Crippen LogP contribution is -2.43. The first-order valence-electron chi connectivity index (χ1n) is 7.11. The van der Waals surface area contributed by atoms with Crippen molar-refractivity contribution in [3.05, 3.63) is 0 Å². The summed E-state index contributed by atoms with van der Waals surface area (Å²) in [5, 5.41) is 11.4. The van der Waals surface area contributed by atoms with Gasteiger partial charge in [-0.2, -0.15) is 0 Å². The van der Waals surface area contributed by atoms with Gasteiger partial charge < -0.3 is 21.1 Å². The second-order valence-corrected chi connectivity index (χ2v) is 5.41. The second kappa shape index (κ2) is 9.88. The number of carbonyl (C=O) groups is 4. The average molecular weight is 315 g/mol.